The normalized spacial score (nSPS) is 17.9. The van der Waals surface area contributed by atoms with E-state index in [-0.39, 0.29) is 5.56 Å². The van der Waals surface area contributed by atoms with Gasteiger partial charge in [0.05, 0.1) is 11.9 Å². The molecule has 1 fully saturated rings. The van der Waals surface area contributed by atoms with Crippen molar-refractivity contribution in [3.05, 3.63) is 27.1 Å². The van der Waals surface area contributed by atoms with Gasteiger partial charge in [-0.2, -0.15) is 0 Å². The lowest BCUT2D eigenvalue weighted by molar-refractivity contribution is 0.145. The maximum atomic E-state index is 12.1. The summed E-state index contributed by atoms with van der Waals surface area (Å²) < 4.78 is 0. The van der Waals surface area contributed by atoms with Crippen molar-refractivity contribution in [1.82, 2.24) is 19.8 Å². The Morgan fingerprint density at radius 2 is 2.10 bits per heavy atom. The Labute approximate surface area is 122 Å². The van der Waals surface area contributed by atoms with Gasteiger partial charge >= 0.3 is 0 Å². The van der Waals surface area contributed by atoms with Crippen LogP contribution in [0, 0.1) is 0 Å². The van der Waals surface area contributed by atoms with E-state index in [4.69, 9.17) is 0 Å². The molecule has 1 saturated heterocycles. The minimum Gasteiger partial charge on any atom is -0.309 e. The van der Waals surface area contributed by atoms with Gasteiger partial charge in [-0.1, -0.05) is 6.92 Å². The van der Waals surface area contributed by atoms with E-state index in [2.05, 4.69) is 33.7 Å². The summed E-state index contributed by atoms with van der Waals surface area (Å²) in [6.07, 6.45) is 0.953. The van der Waals surface area contributed by atoms with Gasteiger partial charge in [-0.05, 0) is 19.5 Å². The zero-order valence-electron chi connectivity index (χ0n) is 12.0. The molecule has 1 aliphatic rings. The second-order valence-electron chi connectivity index (χ2n) is 5.38. The highest BCUT2D eigenvalue weighted by atomic mass is 32.1. The summed E-state index contributed by atoms with van der Waals surface area (Å²) in [5, 5.41) is 0.731. The van der Waals surface area contributed by atoms with Crippen LogP contribution in [0.5, 0.6) is 0 Å². The molecule has 0 unspecified atom stereocenters. The highest BCUT2D eigenvalue weighted by molar-refractivity contribution is 7.18. The fourth-order valence-electron chi connectivity index (χ4n) is 2.49. The summed E-state index contributed by atoms with van der Waals surface area (Å²) in [4.78, 5) is 26.4. The molecule has 6 heteroatoms. The highest BCUT2D eigenvalue weighted by Gasteiger charge is 2.16. The van der Waals surface area contributed by atoms with E-state index in [1.165, 1.54) is 4.88 Å². The van der Waals surface area contributed by atoms with Crippen molar-refractivity contribution in [2.24, 2.45) is 0 Å². The minimum absolute atomic E-state index is 0.00456. The molecule has 0 amide bonds. The lowest BCUT2D eigenvalue weighted by atomic mass is 10.3. The molecule has 1 aliphatic heterocycles. The number of hydrogen-bond acceptors (Lipinski definition) is 5. The molecule has 2 aromatic rings. The molecule has 3 heterocycles. The summed E-state index contributed by atoms with van der Waals surface area (Å²) in [6.45, 7) is 7.05. The maximum Gasteiger partial charge on any atom is 0.259 e. The Hall–Kier alpha value is -1.24. The third kappa shape index (κ3) is 2.77. The van der Waals surface area contributed by atoms with Crippen LogP contribution in [0.4, 0.5) is 0 Å². The number of nitrogens with zero attached hydrogens (tertiary/aromatic N) is 3. The second-order valence-corrected chi connectivity index (χ2v) is 6.49. The van der Waals surface area contributed by atoms with Crippen LogP contribution < -0.4 is 5.56 Å². The fraction of sp³-hybridized carbons (Fsp3) is 0.571. The van der Waals surface area contributed by atoms with E-state index >= 15 is 0 Å². The largest absolute Gasteiger partial charge is 0.309 e. The Bertz CT molecular complexity index is 655. The monoisotopic (exact) mass is 292 g/mol. The molecular formula is C14H20N4OS. The van der Waals surface area contributed by atoms with Gasteiger partial charge in [0.15, 0.2) is 0 Å². The van der Waals surface area contributed by atoms with Gasteiger partial charge in [0.1, 0.15) is 10.7 Å². The number of likely N-dealkylation sites (N-methyl/N-ethyl adjacent to an activating group) is 1. The van der Waals surface area contributed by atoms with Crippen molar-refractivity contribution >= 4 is 21.6 Å². The first-order valence-corrected chi connectivity index (χ1v) is 7.90. The van der Waals surface area contributed by atoms with Crippen LogP contribution in [0.3, 0.4) is 0 Å². The van der Waals surface area contributed by atoms with Gasteiger partial charge in [-0.25, -0.2) is 4.98 Å². The lowest BCUT2D eigenvalue weighted by Crippen LogP contribution is -2.44. The summed E-state index contributed by atoms with van der Waals surface area (Å²) in [5.41, 5.74) is -0.00456. The standard InChI is InChI=1S/C14H20N4OS/c1-3-10-8-11-13(19)15-12(16-14(11)20-10)9-18-6-4-17(2)5-7-18/h8H,3-7,9H2,1-2H3,(H,15,16,19). The predicted octanol–water partition coefficient (Wildman–Crippen LogP) is 1.29. The Morgan fingerprint density at radius 3 is 2.80 bits per heavy atom. The van der Waals surface area contributed by atoms with Gasteiger partial charge in [0.2, 0.25) is 0 Å². The fourth-order valence-corrected chi connectivity index (χ4v) is 3.48. The number of rotatable bonds is 3. The Morgan fingerprint density at radius 1 is 1.35 bits per heavy atom. The van der Waals surface area contributed by atoms with Crippen molar-refractivity contribution in [2.45, 2.75) is 19.9 Å². The third-order valence-electron chi connectivity index (χ3n) is 3.82. The first kappa shape index (κ1) is 13.7. The van der Waals surface area contributed by atoms with E-state index in [1.807, 2.05) is 6.07 Å². The molecule has 0 spiro atoms. The summed E-state index contributed by atoms with van der Waals surface area (Å²) in [6, 6.07) is 1.96. The van der Waals surface area contributed by atoms with Crippen LogP contribution in [-0.4, -0.2) is 53.0 Å². The van der Waals surface area contributed by atoms with Crippen LogP contribution in [0.1, 0.15) is 17.6 Å². The van der Waals surface area contributed by atoms with Crippen LogP contribution in [-0.2, 0) is 13.0 Å². The molecule has 0 radical (unpaired) electrons. The number of nitrogens with one attached hydrogen (secondary N) is 1. The molecule has 3 rings (SSSR count). The van der Waals surface area contributed by atoms with E-state index in [0.717, 1.165) is 55.2 Å². The average Bonchev–Trinajstić information content (AvgIpc) is 2.85. The molecule has 2 aromatic heterocycles. The van der Waals surface area contributed by atoms with E-state index < -0.39 is 0 Å². The van der Waals surface area contributed by atoms with Crippen molar-refractivity contribution in [2.75, 3.05) is 33.2 Å². The van der Waals surface area contributed by atoms with Gasteiger partial charge in [-0.3, -0.25) is 9.69 Å². The first-order valence-electron chi connectivity index (χ1n) is 7.08. The summed E-state index contributed by atoms with van der Waals surface area (Å²) >= 11 is 1.63. The highest BCUT2D eigenvalue weighted by Crippen LogP contribution is 2.21. The van der Waals surface area contributed by atoms with E-state index in [0.29, 0.717) is 0 Å². The number of fused-ring (bicyclic) bond motifs is 1. The molecule has 0 atom stereocenters. The quantitative estimate of drug-likeness (QED) is 0.926. The van der Waals surface area contributed by atoms with E-state index in [1.54, 1.807) is 11.3 Å². The van der Waals surface area contributed by atoms with Gasteiger partial charge in [0.25, 0.3) is 5.56 Å². The van der Waals surface area contributed by atoms with Gasteiger partial charge < -0.3 is 9.88 Å². The number of aromatic nitrogens is 2. The molecular weight excluding hydrogens is 272 g/mol. The van der Waals surface area contributed by atoms with Crippen LogP contribution in [0.25, 0.3) is 10.2 Å². The van der Waals surface area contributed by atoms with Crippen molar-refractivity contribution < 1.29 is 0 Å². The van der Waals surface area contributed by atoms with Crippen LogP contribution in [0.15, 0.2) is 10.9 Å². The molecule has 0 saturated carbocycles. The molecule has 20 heavy (non-hydrogen) atoms. The smallest absolute Gasteiger partial charge is 0.259 e. The van der Waals surface area contributed by atoms with Gasteiger partial charge in [-0.15, -0.1) is 11.3 Å². The number of H-pyrrole nitrogens is 1. The number of aryl methyl sites for hydroxylation is 1. The predicted molar refractivity (Wildman–Crippen MR) is 82.4 cm³/mol. The molecule has 108 valence electrons. The zero-order chi connectivity index (χ0) is 14.1. The molecule has 0 bridgehead atoms. The molecule has 0 aliphatic carbocycles. The first-order chi connectivity index (χ1) is 9.65. The van der Waals surface area contributed by atoms with Crippen LogP contribution in [0.2, 0.25) is 0 Å². The zero-order valence-corrected chi connectivity index (χ0v) is 12.8. The van der Waals surface area contributed by atoms with Crippen LogP contribution >= 0.6 is 11.3 Å². The molecule has 5 nitrogen and oxygen atoms in total. The molecule has 0 aromatic carbocycles. The number of hydrogen-bond donors (Lipinski definition) is 1. The minimum atomic E-state index is -0.00456. The third-order valence-corrected chi connectivity index (χ3v) is 4.99. The van der Waals surface area contributed by atoms with Crippen molar-refractivity contribution in [3.8, 4) is 0 Å². The maximum absolute atomic E-state index is 12.1. The Kier molecular flexibility index (Phi) is 3.87. The van der Waals surface area contributed by atoms with Crippen molar-refractivity contribution in [3.63, 3.8) is 0 Å². The second kappa shape index (κ2) is 5.63. The Balaban J connectivity index is 1.83. The van der Waals surface area contributed by atoms with Crippen molar-refractivity contribution in [1.29, 1.82) is 0 Å². The lowest BCUT2D eigenvalue weighted by Gasteiger charge is -2.31. The molecule has 1 N–H and O–H groups in total. The summed E-state index contributed by atoms with van der Waals surface area (Å²) in [5.74, 6) is 0.788. The average molecular weight is 292 g/mol. The SMILES string of the molecule is CCc1cc2c(=O)[nH]c(CN3CCN(C)CC3)nc2s1. The van der Waals surface area contributed by atoms with Gasteiger partial charge in [0, 0.05) is 31.1 Å². The summed E-state index contributed by atoms with van der Waals surface area (Å²) in [7, 11) is 2.14. The topological polar surface area (TPSA) is 52.2 Å². The van der Waals surface area contributed by atoms with E-state index in [9.17, 15) is 4.79 Å². The number of thiophene rings is 1. The number of piperazine rings is 1. The number of aromatic amines is 1.